The van der Waals surface area contributed by atoms with Crippen LogP contribution in [0, 0.1) is 6.92 Å². The van der Waals surface area contributed by atoms with Crippen molar-refractivity contribution < 1.29 is 9.90 Å². The minimum atomic E-state index is -0.902. The molecule has 1 fully saturated rings. The fraction of sp³-hybridized carbons (Fsp3) is 0.292. The van der Waals surface area contributed by atoms with Crippen LogP contribution < -0.4 is 0 Å². The fourth-order valence-electron chi connectivity index (χ4n) is 4.12. The van der Waals surface area contributed by atoms with Gasteiger partial charge in [0.15, 0.2) is 0 Å². The number of nitrogens with zero attached hydrogens (tertiary/aromatic N) is 3. The molecule has 0 unspecified atom stereocenters. The van der Waals surface area contributed by atoms with Gasteiger partial charge in [0.25, 0.3) is 0 Å². The monoisotopic (exact) mass is 387 g/mol. The van der Waals surface area contributed by atoms with Crippen LogP contribution in [-0.2, 0) is 6.54 Å². The molecule has 1 N–H and O–H groups in total. The van der Waals surface area contributed by atoms with E-state index in [0.717, 1.165) is 42.2 Å². The van der Waals surface area contributed by atoms with Gasteiger partial charge in [-0.05, 0) is 55.1 Å². The molecule has 0 aliphatic carbocycles. The lowest BCUT2D eigenvalue weighted by atomic mass is 9.96. The number of hydrogen-bond acceptors (Lipinski definition) is 4. The number of carboxylic acids is 1. The van der Waals surface area contributed by atoms with Gasteiger partial charge in [-0.25, -0.2) is 14.8 Å². The first-order valence-corrected chi connectivity index (χ1v) is 10.1. The van der Waals surface area contributed by atoms with Gasteiger partial charge in [-0.15, -0.1) is 0 Å². The average molecular weight is 387 g/mol. The third-order valence-electron chi connectivity index (χ3n) is 5.56. The van der Waals surface area contributed by atoms with Crippen LogP contribution in [0.1, 0.15) is 52.7 Å². The van der Waals surface area contributed by atoms with E-state index in [4.69, 9.17) is 0 Å². The van der Waals surface area contributed by atoms with Gasteiger partial charge < -0.3 is 5.11 Å². The molecule has 5 heteroatoms. The summed E-state index contributed by atoms with van der Waals surface area (Å²) in [6, 6.07) is 17.7. The maximum Gasteiger partial charge on any atom is 0.336 e. The molecular weight excluding hydrogens is 362 g/mol. The average Bonchev–Trinajstić information content (AvgIpc) is 2.75. The highest BCUT2D eigenvalue weighted by atomic mass is 16.4. The molecule has 2 heterocycles. The van der Waals surface area contributed by atoms with Gasteiger partial charge >= 0.3 is 5.97 Å². The highest BCUT2D eigenvalue weighted by molar-refractivity contribution is 5.95. The van der Waals surface area contributed by atoms with Crippen LogP contribution in [0.3, 0.4) is 0 Å². The Kier molecular flexibility index (Phi) is 5.67. The van der Waals surface area contributed by atoms with E-state index in [1.54, 1.807) is 12.1 Å². The molecule has 1 atom stereocenters. The van der Waals surface area contributed by atoms with Crippen LogP contribution in [0.25, 0.3) is 11.1 Å². The molecule has 3 aromatic rings. The third-order valence-corrected chi connectivity index (χ3v) is 5.56. The van der Waals surface area contributed by atoms with E-state index >= 15 is 0 Å². The summed E-state index contributed by atoms with van der Waals surface area (Å²) in [5.74, 6) is -0.0875. The summed E-state index contributed by atoms with van der Waals surface area (Å²) in [6.07, 6.45) is 5.37. The van der Waals surface area contributed by atoms with Crippen molar-refractivity contribution in [3.05, 3.63) is 83.4 Å². The molecular formula is C24H25N3O2. The minimum absolute atomic E-state index is 0.317. The number of carbonyl (C=O) groups is 1. The fourth-order valence-corrected chi connectivity index (χ4v) is 4.12. The molecule has 1 aromatic heterocycles. The van der Waals surface area contributed by atoms with Gasteiger partial charge in [-0.2, -0.15) is 0 Å². The van der Waals surface area contributed by atoms with Crippen molar-refractivity contribution in [2.24, 2.45) is 0 Å². The lowest BCUT2D eigenvalue weighted by Gasteiger charge is -2.35. The molecule has 0 radical (unpaired) electrons. The Morgan fingerprint density at radius 1 is 1.10 bits per heavy atom. The van der Waals surface area contributed by atoms with Crippen molar-refractivity contribution in [2.45, 2.75) is 38.8 Å². The first-order chi connectivity index (χ1) is 14.1. The van der Waals surface area contributed by atoms with Crippen LogP contribution >= 0.6 is 0 Å². The van der Waals surface area contributed by atoms with Crippen molar-refractivity contribution in [1.82, 2.24) is 14.9 Å². The van der Waals surface area contributed by atoms with E-state index in [1.807, 2.05) is 43.5 Å². The molecule has 0 spiro atoms. The highest BCUT2D eigenvalue weighted by Crippen LogP contribution is 2.31. The highest BCUT2D eigenvalue weighted by Gasteiger charge is 2.25. The minimum Gasteiger partial charge on any atom is -0.478 e. The van der Waals surface area contributed by atoms with Crippen LogP contribution in [0.4, 0.5) is 0 Å². The van der Waals surface area contributed by atoms with Gasteiger partial charge in [-0.1, -0.05) is 48.9 Å². The number of hydrogen-bond donors (Lipinski definition) is 1. The summed E-state index contributed by atoms with van der Waals surface area (Å²) in [7, 11) is 0. The number of aromatic carboxylic acids is 1. The quantitative estimate of drug-likeness (QED) is 0.676. The summed E-state index contributed by atoms with van der Waals surface area (Å²) in [5.41, 5.74) is 4.33. The Balaban J connectivity index is 1.54. The van der Waals surface area contributed by atoms with Gasteiger partial charge in [0.2, 0.25) is 0 Å². The maximum atomic E-state index is 11.5. The summed E-state index contributed by atoms with van der Waals surface area (Å²) in [6.45, 7) is 3.84. The van der Waals surface area contributed by atoms with Gasteiger partial charge in [0.1, 0.15) is 5.82 Å². The molecule has 29 heavy (non-hydrogen) atoms. The van der Waals surface area contributed by atoms with E-state index in [9.17, 15) is 9.90 Å². The summed E-state index contributed by atoms with van der Waals surface area (Å²) < 4.78 is 0. The zero-order chi connectivity index (χ0) is 20.2. The van der Waals surface area contributed by atoms with Crippen LogP contribution in [0.2, 0.25) is 0 Å². The second kappa shape index (κ2) is 8.53. The SMILES string of the molecule is Cc1nccc([C@@H]2CCCCN2Cc2ccc(-c3ccccc3C(=O)O)cc2)n1. The van der Waals surface area contributed by atoms with E-state index in [-0.39, 0.29) is 0 Å². The smallest absolute Gasteiger partial charge is 0.336 e. The number of piperidine rings is 1. The Morgan fingerprint density at radius 2 is 1.90 bits per heavy atom. The molecule has 1 saturated heterocycles. The molecule has 1 aliphatic rings. The molecule has 148 valence electrons. The van der Waals surface area contributed by atoms with Crippen LogP contribution in [-0.4, -0.2) is 32.5 Å². The standard InChI is InChI=1S/C24H25N3O2/c1-17-25-14-13-22(26-17)23-8-4-5-15-27(23)16-18-9-11-19(12-10-18)20-6-2-3-7-21(20)24(28)29/h2-3,6-7,9-14,23H,4-5,8,15-16H2,1H3,(H,28,29)/t23-/m0/s1. The topological polar surface area (TPSA) is 66.3 Å². The zero-order valence-corrected chi connectivity index (χ0v) is 16.6. The van der Waals surface area contributed by atoms with E-state index in [0.29, 0.717) is 11.6 Å². The third kappa shape index (κ3) is 4.35. The number of aromatic nitrogens is 2. The maximum absolute atomic E-state index is 11.5. The Labute approximate surface area is 171 Å². The Morgan fingerprint density at radius 3 is 2.66 bits per heavy atom. The van der Waals surface area contributed by atoms with Gasteiger partial charge in [0.05, 0.1) is 17.3 Å². The largest absolute Gasteiger partial charge is 0.478 e. The summed E-state index contributed by atoms with van der Waals surface area (Å²) >= 11 is 0. The molecule has 4 rings (SSSR count). The molecule has 0 saturated carbocycles. The van der Waals surface area contributed by atoms with Crippen molar-refractivity contribution in [3.63, 3.8) is 0 Å². The van der Waals surface area contributed by atoms with Crippen molar-refractivity contribution >= 4 is 5.97 Å². The normalized spacial score (nSPS) is 17.2. The van der Waals surface area contributed by atoms with E-state index in [2.05, 4.69) is 27.0 Å². The Hall–Kier alpha value is -3.05. The number of carboxylic acid groups (broad SMARTS) is 1. The predicted molar refractivity (Wildman–Crippen MR) is 113 cm³/mol. The molecule has 0 bridgehead atoms. The number of aryl methyl sites for hydroxylation is 1. The number of rotatable bonds is 5. The number of benzene rings is 2. The van der Waals surface area contributed by atoms with E-state index in [1.165, 1.54) is 18.4 Å². The van der Waals surface area contributed by atoms with Crippen molar-refractivity contribution in [2.75, 3.05) is 6.54 Å². The first kappa shape index (κ1) is 19.3. The summed E-state index contributed by atoms with van der Waals surface area (Å²) in [5, 5.41) is 9.44. The molecule has 2 aromatic carbocycles. The lowest BCUT2D eigenvalue weighted by Crippen LogP contribution is -2.33. The first-order valence-electron chi connectivity index (χ1n) is 10.1. The Bertz CT molecular complexity index is 1000. The molecule has 5 nitrogen and oxygen atoms in total. The predicted octanol–water partition coefficient (Wildman–Crippen LogP) is 4.88. The summed E-state index contributed by atoms with van der Waals surface area (Å²) in [4.78, 5) is 22.9. The van der Waals surface area contributed by atoms with Crippen LogP contribution in [0.15, 0.2) is 60.8 Å². The molecule has 0 amide bonds. The van der Waals surface area contributed by atoms with Gasteiger partial charge in [-0.3, -0.25) is 4.90 Å². The number of likely N-dealkylation sites (tertiary alicyclic amines) is 1. The van der Waals surface area contributed by atoms with Crippen molar-refractivity contribution in [3.8, 4) is 11.1 Å². The van der Waals surface area contributed by atoms with Gasteiger partial charge in [0, 0.05) is 12.7 Å². The van der Waals surface area contributed by atoms with Crippen molar-refractivity contribution in [1.29, 1.82) is 0 Å². The zero-order valence-electron chi connectivity index (χ0n) is 16.6. The molecule has 1 aliphatic heterocycles. The van der Waals surface area contributed by atoms with Crippen LogP contribution in [0.5, 0.6) is 0 Å². The lowest BCUT2D eigenvalue weighted by molar-refractivity contribution is 0.0697. The van der Waals surface area contributed by atoms with E-state index < -0.39 is 5.97 Å². The second-order valence-corrected chi connectivity index (χ2v) is 7.56. The second-order valence-electron chi connectivity index (χ2n) is 7.56.